The number of hydrogen-bond donors (Lipinski definition) is 2. The van der Waals surface area contributed by atoms with Gasteiger partial charge < -0.3 is 20.1 Å². The molecule has 1 aliphatic heterocycles. The minimum Gasteiger partial charge on any atom is -0.368 e. The molecule has 1 aliphatic rings. The summed E-state index contributed by atoms with van der Waals surface area (Å²) in [4.78, 5) is 37.3. The van der Waals surface area contributed by atoms with E-state index in [1.54, 1.807) is 0 Å². The number of H-pyrrole nitrogens is 1. The van der Waals surface area contributed by atoms with Gasteiger partial charge in [-0.2, -0.15) is 0 Å². The van der Waals surface area contributed by atoms with Crippen molar-refractivity contribution in [3.63, 3.8) is 0 Å². The quantitative estimate of drug-likeness (QED) is 0.395. The molecular formula is C27H24N8O. The Morgan fingerprint density at radius 3 is 2.31 bits per heavy atom. The molecule has 2 aromatic carbocycles. The molecule has 0 atom stereocenters. The molecule has 2 N–H and O–H groups in total. The Morgan fingerprint density at radius 2 is 1.56 bits per heavy atom. The van der Waals surface area contributed by atoms with Crippen molar-refractivity contribution < 1.29 is 4.79 Å². The maximum Gasteiger partial charge on any atom is 0.273 e. The molecule has 0 aliphatic carbocycles. The van der Waals surface area contributed by atoms with Crippen LogP contribution < -0.4 is 15.1 Å². The third-order valence-corrected chi connectivity index (χ3v) is 6.38. The van der Waals surface area contributed by atoms with E-state index in [1.165, 1.54) is 18.2 Å². The van der Waals surface area contributed by atoms with E-state index in [9.17, 15) is 4.79 Å². The van der Waals surface area contributed by atoms with Gasteiger partial charge in [-0.15, -0.1) is 0 Å². The molecule has 1 saturated heterocycles. The summed E-state index contributed by atoms with van der Waals surface area (Å²) in [6.07, 6.45) is 8.50. The van der Waals surface area contributed by atoms with Gasteiger partial charge in [0.05, 0.1) is 29.8 Å². The largest absolute Gasteiger partial charge is 0.368 e. The molecule has 36 heavy (non-hydrogen) atoms. The number of carbonyl (C=O) groups is 1. The first kappa shape index (κ1) is 21.7. The molecule has 178 valence electrons. The first-order valence-corrected chi connectivity index (χ1v) is 11.8. The fourth-order valence-electron chi connectivity index (χ4n) is 4.41. The number of nitrogens with one attached hydrogen (secondary N) is 2. The number of fused-ring (bicyclic) bond motifs is 1. The summed E-state index contributed by atoms with van der Waals surface area (Å²) >= 11 is 0. The van der Waals surface area contributed by atoms with Crippen LogP contribution in [0.4, 0.5) is 17.2 Å². The van der Waals surface area contributed by atoms with Gasteiger partial charge in [0.1, 0.15) is 11.5 Å². The second kappa shape index (κ2) is 9.46. The predicted molar refractivity (Wildman–Crippen MR) is 140 cm³/mol. The zero-order chi connectivity index (χ0) is 24.3. The van der Waals surface area contributed by atoms with Crippen molar-refractivity contribution in [2.45, 2.75) is 0 Å². The van der Waals surface area contributed by atoms with Crippen molar-refractivity contribution in [3.05, 3.63) is 91.4 Å². The van der Waals surface area contributed by atoms with Crippen LogP contribution in [0.2, 0.25) is 0 Å². The third kappa shape index (κ3) is 4.46. The molecule has 9 nitrogen and oxygen atoms in total. The van der Waals surface area contributed by atoms with Crippen molar-refractivity contribution >= 4 is 34.1 Å². The molecule has 3 aromatic heterocycles. The molecule has 0 saturated carbocycles. The Kier molecular flexibility index (Phi) is 5.71. The fraction of sp³-hybridized carbons (Fsp3) is 0.148. The Bertz CT molecular complexity index is 1480. The lowest BCUT2D eigenvalue weighted by molar-refractivity contribution is 0.102. The highest BCUT2D eigenvalue weighted by atomic mass is 16.1. The molecule has 0 radical (unpaired) electrons. The van der Waals surface area contributed by atoms with Gasteiger partial charge in [0.2, 0.25) is 0 Å². The Hall–Kier alpha value is -4.79. The van der Waals surface area contributed by atoms with E-state index in [0.29, 0.717) is 11.4 Å². The van der Waals surface area contributed by atoms with Crippen LogP contribution in [-0.4, -0.2) is 57.0 Å². The molecule has 0 unspecified atom stereocenters. The van der Waals surface area contributed by atoms with Gasteiger partial charge in [-0.1, -0.05) is 18.2 Å². The van der Waals surface area contributed by atoms with Gasteiger partial charge in [-0.05, 0) is 47.5 Å². The summed E-state index contributed by atoms with van der Waals surface area (Å²) in [7, 11) is 0. The van der Waals surface area contributed by atoms with Crippen molar-refractivity contribution in [2.75, 3.05) is 41.3 Å². The minimum absolute atomic E-state index is 0.227. The lowest BCUT2D eigenvalue weighted by atomic mass is 10.0. The van der Waals surface area contributed by atoms with Gasteiger partial charge in [0, 0.05) is 49.9 Å². The van der Waals surface area contributed by atoms with E-state index < -0.39 is 0 Å². The van der Waals surface area contributed by atoms with Gasteiger partial charge in [0.15, 0.2) is 0 Å². The van der Waals surface area contributed by atoms with Crippen molar-refractivity contribution in [3.8, 4) is 11.1 Å². The molecular weight excluding hydrogens is 452 g/mol. The van der Waals surface area contributed by atoms with Crippen LogP contribution >= 0.6 is 0 Å². The number of aromatic amines is 1. The monoisotopic (exact) mass is 476 g/mol. The van der Waals surface area contributed by atoms with Crippen LogP contribution in [0.25, 0.3) is 22.2 Å². The number of rotatable bonds is 5. The summed E-state index contributed by atoms with van der Waals surface area (Å²) < 4.78 is 0. The number of pyridine rings is 1. The zero-order valence-electron chi connectivity index (χ0n) is 19.5. The molecule has 4 heterocycles. The summed E-state index contributed by atoms with van der Waals surface area (Å²) in [6, 6.07) is 17.9. The molecule has 1 amide bonds. The number of nitrogens with zero attached hydrogens (tertiary/aromatic N) is 6. The molecule has 6 rings (SSSR count). The second-order valence-corrected chi connectivity index (χ2v) is 8.61. The van der Waals surface area contributed by atoms with E-state index in [-0.39, 0.29) is 5.91 Å². The van der Waals surface area contributed by atoms with Crippen LogP contribution in [0.1, 0.15) is 10.5 Å². The first-order valence-electron chi connectivity index (χ1n) is 11.8. The normalized spacial score (nSPS) is 13.7. The number of hydrogen-bond acceptors (Lipinski definition) is 7. The van der Waals surface area contributed by atoms with Gasteiger partial charge in [0.25, 0.3) is 5.91 Å². The average Bonchev–Trinajstić information content (AvgIpc) is 3.49. The number of benzene rings is 2. The van der Waals surface area contributed by atoms with Gasteiger partial charge in [-0.3, -0.25) is 14.8 Å². The zero-order valence-corrected chi connectivity index (χ0v) is 19.5. The van der Waals surface area contributed by atoms with Crippen molar-refractivity contribution in [1.29, 1.82) is 0 Å². The van der Waals surface area contributed by atoms with E-state index >= 15 is 0 Å². The fourth-order valence-corrected chi connectivity index (χ4v) is 4.41. The SMILES string of the molecule is O=C(Nc1ccc(-c2ccc3ncc(N4CCN(c5ccncc5)CC4)nc3c2)cc1)c1cnc[nH]1. The van der Waals surface area contributed by atoms with E-state index in [1.807, 2.05) is 67.1 Å². The number of anilines is 3. The average molecular weight is 477 g/mol. The van der Waals surface area contributed by atoms with Crippen molar-refractivity contribution in [1.82, 2.24) is 24.9 Å². The summed E-state index contributed by atoms with van der Waals surface area (Å²) in [5, 5.41) is 2.87. The number of aromatic nitrogens is 5. The topological polar surface area (TPSA) is 103 Å². The molecule has 1 fully saturated rings. The highest BCUT2D eigenvalue weighted by Gasteiger charge is 2.19. The van der Waals surface area contributed by atoms with Crippen LogP contribution in [0.15, 0.2) is 85.7 Å². The minimum atomic E-state index is -0.227. The van der Waals surface area contributed by atoms with Crippen LogP contribution in [0, 0.1) is 0 Å². The van der Waals surface area contributed by atoms with Crippen molar-refractivity contribution in [2.24, 2.45) is 0 Å². The van der Waals surface area contributed by atoms with Gasteiger partial charge >= 0.3 is 0 Å². The summed E-state index contributed by atoms with van der Waals surface area (Å²) in [6.45, 7) is 3.61. The third-order valence-electron chi connectivity index (χ3n) is 6.38. The van der Waals surface area contributed by atoms with Gasteiger partial charge in [-0.25, -0.2) is 9.97 Å². The van der Waals surface area contributed by atoms with Crippen LogP contribution in [-0.2, 0) is 0 Å². The Labute approximate surface area is 207 Å². The lowest BCUT2D eigenvalue weighted by Gasteiger charge is -2.36. The molecule has 5 aromatic rings. The number of imidazole rings is 1. The standard InChI is InChI=1S/C27H24N8O/c36-27(25-16-29-18-31-25)32-21-4-1-19(2-5-21)20-3-6-23-24(15-20)33-26(17-30-23)35-13-11-34(12-14-35)22-7-9-28-10-8-22/h1-10,15-18H,11-14H2,(H,29,31)(H,32,36). The molecule has 9 heteroatoms. The first-order chi connectivity index (χ1) is 17.7. The summed E-state index contributed by atoms with van der Waals surface area (Å²) in [5.41, 5.74) is 6.14. The smallest absolute Gasteiger partial charge is 0.273 e. The lowest BCUT2D eigenvalue weighted by Crippen LogP contribution is -2.46. The number of amides is 1. The Balaban J connectivity index is 1.17. The molecule has 0 bridgehead atoms. The number of piperazine rings is 1. The van der Waals surface area contributed by atoms with Crippen LogP contribution in [0.3, 0.4) is 0 Å². The Morgan fingerprint density at radius 1 is 0.806 bits per heavy atom. The van der Waals surface area contributed by atoms with Crippen LogP contribution in [0.5, 0.6) is 0 Å². The van der Waals surface area contributed by atoms with E-state index in [2.05, 4.69) is 41.1 Å². The van der Waals surface area contributed by atoms with E-state index in [0.717, 1.165) is 54.2 Å². The maximum absolute atomic E-state index is 12.2. The highest BCUT2D eigenvalue weighted by molar-refractivity contribution is 6.02. The predicted octanol–water partition coefficient (Wildman–Crippen LogP) is 3.99. The second-order valence-electron chi connectivity index (χ2n) is 8.61. The molecule has 0 spiro atoms. The highest BCUT2D eigenvalue weighted by Crippen LogP contribution is 2.26. The summed E-state index contributed by atoms with van der Waals surface area (Å²) in [5.74, 6) is 0.668. The maximum atomic E-state index is 12.2. The van der Waals surface area contributed by atoms with E-state index in [4.69, 9.17) is 4.98 Å². The number of carbonyl (C=O) groups excluding carboxylic acids is 1.